The minimum atomic E-state index is -3.55. The molecule has 284 valence electrons. The Morgan fingerprint density at radius 1 is 1.06 bits per heavy atom. The Hall–Kier alpha value is -4.62. The van der Waals surface area contributed by atoms with Crippen LogP contribution in [0.15, 0.2) is 54.2 Å². The standard InChI is InChI=1S/C37H49ClN10O4S/c1-37(2,3)22-25(23-39)35(49)42-29-20-30(33(52-6)21-32(29)48-14-12-26(13-15-48)47-18-16-45(4)17-19-47)43-36-40-24-27(38)34(44-36)41-28-10-8-9-11-31(28)46(5)53(7,50)51/h8-11,20-22,24,26H,12-19H2,1-7H3,(H,42,49)(H2,40,41,43,44)/b25-22+. The minimum absolute atomic E-state index is 0.0149. The normalized spacial score (nSPS) is 16.5. The molecule has 0 unspecified atom stereocenters. The molecule has 0 aliphatic carbocycles. The Bertz CT molecular complexity index is 1980. The summed E-state index contributed by atoms with van der Waals surface area (Å²) >= 11 is 6.51. The second-order valence-corrected chi connectivity index (χ2v) is 16.9. The molecule has 3 heterocycles. The maximum absolute atomic E-state index is 13.6. The number of methoxy groups -OCH3 is 1. The molecule has 0 saturated carbocycles. The predicted molar refractivity (Wildman–Crippen MR) is 212 cm³/mol. The van der Waals surface area contributed by atoms with Crippen molar-refractivity contribution in [1.29, 1.82) is 5.26 Å². The quantitative estimate of drug-likeness (QED) is 0.163. The number of nitrogens with one attached hydrogen (secondary N) is 3. The van der Waals surface area contributed by atoms with Gasteiger partial charge in [0, 0.05) is 58.4 Å². The molecule has 53 heavy (non-hydrogen) atoms. The van der Waals surface area contributed by atoms with Gasteiger partial charge < -0.3 is 30.5 Å². The van der Waals surface area contributed by atoms with Crippen LogP contribution in [0.5, 0.6) is 5.75 Å². The van der Waals surface area contributed by atoms with Gasteiger partial charge in [0.25, 0.3) is 5.91 Å². The van der Waals surface area contributed by atoms with Gasteiger partial charge in [-0.1, -0.05) is 50.6 Å². The number of nitriles is 1. The third kappa shape index (κ3) is 10.1. The number of allylic oxidation sites excluding steroid dienone is 1. The van der Waals surface area contributed by atoms with Crippen LogP contribution in [0.25, 0.3) is 0 Å². The van der Waals surface area contributed by atoms with Crippen LogP contribution in [0.2, 0.25) is 5.02 Å². The van der Waals surface area contributed by atoms with E-state index in [2.05, 4.69) is 53.7 Å². The fourth-order valence-corrected chi connectivity index (χ4v) is 7.08. The number of rotatable bonds is 11. The van der Waals surface area contributed by atoms with Crippen LogP contribution in [-0.4, -0.2) is 107 Å². The van der Waals surface area contributed by atoms with Crippen molar-refractivity contribution in [3.05, 3.63) is 59.3 Å². The van der Waals surface area contributed by atoms with Crippen molar-refractivity contribution in [3.63, 3.8) is 0 Å². The van der Waals surface area contributed by atoms with E-state index in [1.54, 1.807) is 43.5 Å². The van der Waals surface area contributed by atoms with E-state index in [4.69, 9.17) is 16.3 Å². The van der Waals surface area contributed by atoms with Crippen LogP contribution in [0, 0.1) is 16.7 Å². The molecule has 0 spiro atoms. The van der Waals surface area contributed by atoms with Crippen LogP contribution >= 0.6 is 11.6 Å². The molecule has 1 aromatic heterocycles. The largest absolute Gasteiger partial charge is 0.494 e. The van der Waals surface area contributed by atoms with Gasteiger partial charge in [0.1, 0.15) is 22.4 Å². The Morgan fingerprint density at radius 2 is 1.74 bits per heavy atom. The first kappa shape index (κ1) is 39.6. The number of piperazine rings is 1. The van der Waals surface area contributed by atoms with E-state index < -0.39 is 15.9 Å². The maximum Gasteiger partial charge on any atom is 0.266 e. The van der Waals surface area contributed by atoms with Crippen LogP contribution in [0.1, 0.15) is 33.6 Å². The monoisotopic (exact) mass is 764 g/mol. The van der Waals surface area contributed by atoms with E-state index in [-0.39, 0.29) is 27.8 Å². The lowest BCUT2D eigenvalue weighted by Crippen LogP contribution is -2.52. The molecule has 3 N–H and O–H groups in total. The number of nitrogens with zero attached hydrogens (tertiary/aromatic N) is 7. The molecular weight excluding hydrogens is 716 g/mol. The molecular formula is C37H49ClN10O4S. The number of carbonyl (C=O) groups excluding carboxylic acids is 1. The fourth-order valence-electron chi connectivity index (χ4n) is 6.42. The molecule has 3 aromatic rings. The lowest BCUT2D eigenvalue weighted by atomic mass is 9.93. The highest BCUT2D eigenvalue weighted by Gasteiger charge is 2.29. The number of carbonyl (C=O) groups is 1. The summed E-state index contributed by atoms with van der Waals surface area (Å²) in [5.74, 6) is 0.363. The first-order valence-corrected chi connectivity index (χ1v) is 19.7. The SMILES string of the molecule is COc1cc(N2CCC(N3CCN(C)CC3)CC2)c(NC(=O)/C(C#N)=C/C(C)(C)C)cc1Nc1ncc(Cl)c(Nc2ccccc2N(C)S(C)(=O)=O)n1. The van der Waals surface area contributed by atoms with Crippen LogP contribution < -0.4 is 29.9 Å². The van der Waals surface area contributed by atoms with Crippen LogP contribution in [-0.2, 0) is 14.8 Å². The zero-order chi connectivity index (χ0) is 38.5. The van der Waals surface area contributed by atoms with Gasteiger partial charge in [-0.2, -0.15) is 10.2 Å². The molecule has 2 aliphatic rings. The van der Waals surface area contributed by atoms with Gasteiger partial charge >= 0.3 is 0 Å². The molecule has 5 rings (SSSR count). The molecule has 2 aliphatic heterocycles. The number of aromatic nitrogens is 2. The molecule has 0 radical (unpaired) electrons. The number of para-hydroxylation sites is 2. The van der Waals surface area contributed by atoms with E-state index in [9.17, 15) is 18.5 Å². The average Bonchev–Trinajstić information content (AvgIpc) is 3.11. The molecule has 1 amide bonds. The number of sulfonamides is 1. The number of anilines is 7. The Labute approximate surface area is 317 Å². The summed E-state index contributed by atoms with van der Waals surface area (Å²) in [4.78, 5) is 29.8. The smallest absolute Gasteiger partial charge is 0.266 e. The van der Waals surface area contributed by atoms with Crippen molar-refractivity contribution in [1.82, 2.24) is 19.8 Å². The van der Waals surface area contributed by atoms with Gasteiger partial charge in [0.05, 0.1) is 48.0 Å². The number of benzene rings is 2. The summed E-state index contributed by atoms with van der Waals surface area (Å²) in [6, 6.07) is 13.1. The Morgan fingerprint density at radius 3 is 2.36 bits per heavy atom. The summed E-state index contributed by atoms with van der Waals surface area (Å²) in [6.07, 6.45) is 6.16. The summed E-state index contributed by atoms with van der Waals surface area (Å²) < 4.78 is 31.7. The number of piperidine rings is 1. The van der Waals surface area contributed by atoms with Gasteiger partial charge in [-0.05, 0) is 43.5 Å². The van der Waals surface area contributed by atoms with E-state index in [0.29, 0.717) is 34.5 Å². The highest BCUT2D eigenvalue weighted by molar-refractivity contribution is 7.92. The lowest BCUT2D eigenvalue weighted by Gasteiger charge is -2.43. The predicted octanol–water partition coefficient (Wildman–Crippen LogP) is 5.67. The minimum Gasteiger partial charge on any atom is -0.494 e. The highest BCUT2D eigenvalue weighted by atomic mass is 35.5. The second kappa shape index (κ2) is 16.6. The van der Waals surface area contributed by atoms with Crippen molar-refractivity contribution >= 4 is 67.7 Å². The van der Waals surface area contributed by atoms with E-state index in [0.717, 1.165) is 68.4 Å². The van der Waals surface area contributed by atoms with Crippen LogP contribution in [0.4, 0.5) is 40.2 Å². The number of hydrogen-bond donors (Lipinski definition) is 3. The molecule has 2 aromatic carbocycles. The Balaban J connectivity index is 1.46. The maximum atomic E-state index is 13.6. The summed E-state index contributed by atoms with van der Waals surface area (Å²) in [7, 11) is 1.64. The summed E-state index contributed by atoms with van der Waals surface area (Å²) in [5.41, 5.74) is 2.23. The number of likely N-dealkylation sites (N-methyl/N-ethyl adjacent to an activating group) is 1. The third-order valence-corrected chi connectivity index (χ3v) is 10.8. The topological polar surface area (TPSA) is 159 Å². The number of ether oxygens (including phenoxy) is 1. The van der Waals surface area contributed by atoms with Gasteiger partial charge in [-0.3, -0.25) is 14.0 Å². The lowest BCUT2D eigenvalue weighted by molar-refractivity contribution is -0.112. The molecule has 16 heteroatoms. The van der Waals surface area contributed by atoms with Gasteiger partial charge in [-0.25, -0.2) is 13.4 Å². The van der Waals surface area contributed by atoms with Crippen molar-refractivity contribution < 1.29 is 17.9 Å². The molecule has 2 saturated heterocycles. The molecule has 0 bridgehead atoms. The van der Waals surface area contributed by atoms with Crippen molar-refractivity contribution in [2.45, 2.75) is 39.7 Å². The van der Waals surface area contributed by atoms with Crippen molar-refractivity contribution in [2.24, 2.45) is 5.41 Å². The summed E-state index contributed by atoms with van der Waals surface area (Å²) in [6.45, 7) is 11.6. The number of hydrogen-bond acceptors (Lipinski definition) is 12. The average molecular weight is 765 g/mol. The van der Waals surface area contributed by atoms with Crippen LogP contribution in [0.3, 0.4) is 0 Å². The van der Waals surface area contributed by atoms with E-state index in [1.807, 2.05) is 26.8 Å². The first-order valence-electron chi connectivity index (χ1n) is 17.5. The number of amides is 1. The Kier molecular flexibility index (Phi) is 12.4. The first-order chi connectivity index (χ1) is 25.1. The molecule has 14 nitrogen and oxygen atoms in total. The zero-order valence-electron chi connectivity index (χ0n) is 31.4. The fraction of sp³-hybridized carbons (Fsp3) is 0.459. The summed E-state index contributed by atoms with van der Waals surface area (Å²) in [5, 5.41) is 19.5. The van der Waals surface area contributed by atoms with E-state index in [1.165, 1.54) is 13.2 Å². The second-order valence-electron chi connectivity index (χ2n) is 14.5. The van der Waals surface area contributed by atoms with Crippen molar-refractivity contribution in [2.75, 3.05) is 91.9 Å². The van der Waals surface area contributed by atoms with Gasteiger partial charge in [0.15, 0.2) is 5.82 Å². The highest BCUT2D eigenvalue weighted by Crippen LogP contribution is 2.40. The van der Waals surface area contributed by atoms with E-state index >= 15 is 0 Å². The number of halogens is 1. The molecule has 2 fully saturated rings. The zero-order valence-corrected chi connectivity index (χ0v) is 33.0. The van der Waals surface area contributed by atoms with Crippen molar-refractivity contribution in [3.8, 4) is 11.8 Å². The molecule has 0 atom stereocenters. The van der Waals surface area contributed by atoms with Gasteiger partial charge in [-0.15, -0.1) is 0 Å². The van der Waals surface area contributed by atoms with Gasteiger partial charge in [0.2, 0.25) is 16.0 Å². The third-order valence-electron chi connectivity index (χ3n) is 9.35.